The van der Waals surface area contributed by atoms with Gasteiger partial charge in [-0.05, 0) is 48.9 Å². The normalized spacial score (nSPS) is 11.3. The molecule has 3 aromatic rings. The Labute approximate surface area is 173 Å². The molecule has 1 N–H and O–H groups in total. The van der Waals surface area contributed by atoms with E-state index in [9.17, 15) is 13.2 Å². The molecule has 0 bridgehead atoms. The number of benzene rings is 2. The number of carbonyl (C=O) groups excluding carboxylic acids is 1. The summed E-state index contributed by atoms with van der Waals surface area (Å²) < 4.78 is 30.7. The molecule has 0 atom stereocenters. The van der Waals surface area contributed by atoms with Crippen molar-refractivity contribution in [2.24, 2.45) is 0 Å². The Bertz CT molecular complexity index is 1140. The lowest BCUT2D eigenvalue weighted by Gasteiger charge is -2.18. The van der Waals surface area contributed by atoms with E-state index in [2.05, 4.69) is 14.9 Å². The predicted molar refractivity (Wildman–Crippen MR) is 110 cm³/mol. The molecule has 29 heavy (non-hydrogen) atoms. The van der Waals surface area contributed by atoms with Crippen LogP contribution in [-0.4, -0.2) is 42.7 Å². The molecule has 1 amide bonds. The number of amides is 1. The predicted octanol–water partition coefficient (Wildman–Crippen LogP) is 3.34. The smallest absolute Gasteiger partial charge is 0.254 e. The first kappa shape index (κ1) is 20.8. The molecule has 0 radical (unpaired) electrons. The average molecular weight is 435 g/mol. The number of hydrogen-bond donors (Lipinski definition) is 1. The van der Waals surface area contributed by atoms with Crippen LogP contribution in [-0.2, 0) is 16.6 Å². The van der Waals surface area contributed by atoms with Gasteiger partial charge in [0.15, 0.2) is 0 Å². The van der Waals surface area contributed by atoms with E-state index in [4.69, 9.17) is 16.1 Å². The summed E-state index contributed by atoms with van der Waals surface area (Å²) in [7, 11) is -1.85. The minimum absolute atomic E-state index is 0.0998. The Kier molecular flexibility index (Phi) is 5.90. The Morgan fingerprint density at radius 2 is 1.90 bits per heavy atom. The van der Waals surface area contributed by atoms with Crippen LogP contribution in [0, 0.1) is 6.92 Å². The van der Waals surface area contributed by atoms with Gasteiger partial charge in [0.2, 0.25) is 21.7 Å². The highest BCUT2D eigenvalue weighted by atomic mass is 35.5. The van der Waals surface area contributed by atoms with Gasteiger partial charge in [0.25, 0.3) is 5.91 Å². The first-order valence-electron chi connectivity index (χ1n) is 8.55. The van der Waals surface area contributed by atoms with Crippen LogP contribution >= 0.6 is 11.6 Å². The first-order valence-corrected chi connectivity index (χ1v) is 10.8. The third kappa shape index (κ3) is 5.12. The van der Waals surface area contributed by atoms with Gasteiger partial charge in [0, 0.05) is 23.2 Å². The van der Waals surface area contributed by atoms with Crippen molar-refractivity contribution < 1.29 is 17.7 Å². The van der Waals surface area contributed by atoms with Crippen LogP contribution in [0.4, 0.5) is 5.69 Å². The van der Waals surface area contributed by atoms with Gasteiger partial charge in [-0.2, -0.15) is 4.98 Å². The van der Waals surface area contributed by atoms with Crippen molar-refractivity contribution in [2.45, 2.75) is 13.5 Å². The summed E-state index contributed by atoms with van der Waals surface area (Å²) in [5.74, 6) is 0.368. The Balaban J connectivity index is 1.76. The molecular weight excluding hydrogens is 416 g/mol. The molecule has 0 aliphatic heterocycles. The van der Waals surface area contributed by atoms with E-state index in [1.54, 1.807) is 56.4 Å². The molecule has 0 aliphatic rings. The summed E-state index contributed by atoms with van der Waals surface area (Å²) in [6.45, 7) is 1.78. The second-order valence-electron chi connectivity index (χ2n) is 6.53. The van der Waals surface area contributed by atoms with Gasteiger partial charge in [0.1, 0.15) is 0 Å². The maximum atomic E-state index is 12.8. The maximum Gasteiger partial charge on any atom is 0.254 e. The molecule has 0 spiro atoms. The third-order valence-electron chi connectivity index (χ3n) is 4.15. The number of aromatic nitrogens is 2. The minimum atomic E-state index is -3.45. The molecule has 0 fully saturated rings. The van der Waals surface area contributed by atoms with Crippen LogP contribution < -0.4 is 4.72 Å². The molecule has 2 aromatic carbocycles. The number of halogens is 1. The van der Waals surface area contributed by atoms with Gasteiger partial charge in [-0.3, -0.25) is 9.52 Å². The summed E-state index contributed by atoms with van der Waals surface area (Å²) in [6, 6.07) is 11.8. The van der Waals surface area contributed by atoms with Gasteiger partial charge >= 0.3 is 0 Å². The molecule has 0 unspecified atom stereocenters. The second kappa shape index (κ2) is 8.22. The molecule has 152 valence electrons. The fourth-order valence-corrected chi connectivity index (χ4v) is 3.44. The Hall–Kier alpha value is -2.91. The maximum absolute atomic E-state index is 12.8. The van der Waals surface area contributed by atoms with E-state index in [1.165, 1.54) is 4.90 Å². The summed E-state index contributed by atoms with van der Waals surface area (Å²) >= 11 is 5.88. The molecule has 1 heterocycles. The fraction of sp³-hybridized carbons (Fsp3) is 0.211. The van der Waals surface area contributed by atoms with Crippen molar-refractivity contribution in [3.63, 3.8) is 0 Å². The average Bonchev–Trinajstić information content (AvgIpc) is 3.11. The lowest BCUT2D eigenvalue weighted by Crippen LogP contribution is -2.27. The lowest BCUT2D eigenvalue weighted by molar-refractivity contribution is 0.0769. The zero-order valence-electron chi connectivity index (χ0n) is 16.0. The number of rotatable bonds is 6. The van der Waals surface area contributed by atoms with Crippen LogP contribution in [0.15, 0.2) is 47.0 Å². The van der Waals surface area contributed by atoms with Crippen molar-refractivity contribution in [1.29, 1.82) is 0 Å². The molecule has 0 saturated heterocycles. The molecule has 0 saturated carbocycles. The number of sulfonamides is 1. The summed E-state index contributed by atoms with van der Waals surface area (Å²) in [4.78, 5) is 18.6. The topological polar surface area (TPSA) is 105 Å². The van der Waals surface area contributed by atoms with Crippen LogP contribution in [0.25, 0.3) is 11.4 Å². The third-order valence-corrected chi connectivity index (χ3v) is 4.99. The molecule has 1 aromatic heterocycles. The van der Waals surface area contributed by atoms with Crippen molar-refractivity contribution in [2.75, 3.05) is 18.0 Å². The van der Waals surface area contributed by atoms with Gasteiger partial charge in [-0.25, -0.2) is 8.42 Å². The zero-order chi connectivity index (χ0) is 21.2. The molecule has 3 rings (SSSR count). The highest BCUT2D eigenvalue weighted by molar-refractivity contribution is 7.92. The molecular formula is C19H19ClN4O4S. The van der Waals surface area contributed by atoms with Crippen LogP contribution in [0.3, 0.4) is 0 Å². The van der Waals surface area contributed by atoms with Gasteiger partial charge in [-0.1, -0.05) is 22.8 Å². The van der Waals surface area contributed by atoms with Gasteiger partial charge in [0.05, 0.1) is 18.5 Å². The summed E-state index contributed by atoms with van der Waals surface area (Å²) in [5, 5.41) is 4.53. The van der Waals surface area contributed by atoms with Crippen molar-refractivity contribution in [1.82, 2.24) is 15.0 Å². The van der Waals surface area contributed by atoms with Crippen LogP contribution in [0.1, 0.15) is 21.8 Å². The number of anilines is 1. The quantitative estimate of drug-likeness (QED) is 0.637. The fourth-order valence-electron chi connectivity index (χ4n) is 2.69. The van der Waals surface area contributed by atoms with Crippen molar-refractivity contribution in [3.05, 3.63) is 64.5 Å². The van der Waals surface area contributed by atoms with Gasteiger partial charge in [-0.15, -0.1) is 0 Å². The monoisotopic (exact) mass is 434 g/mol. The van der Waals surface area contributed by atoms with Crippen LogP contribution in [0.5, 0.6) is 0 Å². The summed E-state index contributed by atoms with van der Waals surface area (Å²) in [6.07, 6.45) is 1.06. The Morgan fingerprint density at radius 3 is 2.55 bits per heavy atom. The lowest BCUT2D eigenvalue weighted by atomic mass is 10.1. The Morgan fingerprint density at radius 1 is 1.21 bits per heavy atom. The SMILES string of the molecule is Cc1c(NS(C)(=O)=O)cccc1C(=O)N(C)Cc1nc(-c2ccc(Cl)cc2)no1. The number of nitrogens with zero attached hydrogens (tertiary/aromatic N) is 3. The van der Waals surface area contributed by atoms with E-state index in [0.717, 1.165) is 11.8 Å². The number of carbonyl (C=O) groups is 1. The highest BCUT2D eigenvalue weighted by Crippen LogP contribution is 2.22. The van der Waals surface area contributed by atoms with E-state index < -0.39 is 10.0 Å². The molecule has 8 nitrogen and oxygen atoms in total. The number of nitrogens with one attached hydrogen (secondary N) is 1. The largest absolute Gasteiger partial charge is 0.337 e. The molecule has 0 aliphatic carbocycles. The molecule has 10 heteroatoms. The minimum Gasteiger partial charge on any atom is -0.337 e. The standard InChI is InChI=1S/C19H19ClN4O4S/c1-12-15(5-4-6-16(12)23-29(3,26)27)19(25)24(2)11-17-21-18(22-28-17)13-7-9-14(20)10-8-13/h4-10,23H,11H2,1-3H3. The summed E-state index contributed by atoms with van der Waals surface area (Å²) in [5.41, 5.74) is 2.00. The van der Waals surface area contributed by atoms with E-state index in [0.29, 0.717) is 27.7 Å². The highest BCUT2D eigenvalue weighted by Gasteiger charge is 2.19. The van der Waals surface area contributed by atoms with E-state index in [-0.39, 0.29) is 18.3 Å². The van der Waals surface area contributed by atoms with Crippen LogP contribution in [0.2, 0.25) is 5.02 Å². The van der Waals surface area contributed by atoms with Gasteiger partial charge < -0.3 is 9.42 Å². The van der Waals surface area contributed by atoms with Crippen molar-refractivity contribution >= 4 is 33.2 Å². The zero-order valence-corrected chi connectivity index (χ0v) is 17.6. The first-order chi connectivity index (χ1) is 13.6. The van der Waals surface area contributed by atoms with E-state index >= 15 is 0 Å². The second-order valence-corrected chi connectivity index (χ2v) is 8.72. The van der Waals surface area contributed by atoms with Crippen molar-refractivity contribution in [3.8, 4) is 11.4 Å². The number of hydrogen-bond acceptors (Lipinski definition) is 6. The van der Waals surface area contributed by atoms with E-state index in [1.807, 2.05) is 0 Å².